The van der Waals surface area contributed by atoms with Gasteiger partial charge < -0.3 is 10.6 Å². The van der Waals surface area contributed by atoms with Crippen LogP contribution in [-0.2, 0) is 12.0 Å². The lowest BCUT2D eigenvalue weighted by atomic mass is 9.91. The van der Waals surface area contributed by atoms with Crippen LogP contribution in [0.2, 0.25) is 0 Å². The molecule has 0 bridgehead atoms. The third-order valence-corrected chi connectivity index (χ3v) is 4.97. The molecule has 4 heteroatoms. The summed E-state index contributed by atoms with van der Waals surface area (Å²) in [5.41, 5.74) is 7.16. The number of hydrogen-bond donors (Lipinski definition) is 1. The van der Waals surface area contributed by atoms with E-state index in [2.05, 4.69) is 32.6 Å². The van der Waals surface area contributed by atoms with Crippen LogP contribution in [0.4, 0.5) is 5.13 Å². The van der Waals surface area contributed by atoms with Crippen LogP contribution < -0.4 is 10.6 Å². The van der Waals surface area contributed by atoms with Gasteiger partial charge >= 0.3 is 0 Å². The molecule has 1 fully saturated rings. The highest BCUT2D eigenvalue weighted by Gasteiger charge is 2.28. The second kappa shape index (κ2) is 5.80. The van der Waals surface area contributed by atoms with Gasteiger partial charge in [-0.3, -0.25) is 0 Å². The first-order valence-corrected chi connectivity index (χ1v) is 8.22. The summed E-state index contributed by atoms with van der Waals surface area (Å²) in [5, 5.41) is 1.18. The number of anilines is 1. The fourth-order valence-electron chi connectivity index (χ4n) is 2.85. The topological polar surface area (TPSA) is 42.2 Å². The minimum absolute atomic E-state index is 0.0893. The van der Waals surface area contributed by atoms with Crippen molar-refractivity contribution >= 4 is 16.5 Å². The van der Waals surface area contributed by atoms with Gasteiger partial charge in [0, 0.05) is 29.9 Å². The van der Waals surface area contributed by atoms with Crippen molar-refractivity contribution in [1.82, 2.24) is 4.98 Å². The third kappa shape index (κ3) is 3.29. The van der Waals surface area contributed by atoms with E-state index in [1.54, 1.807) is 11.3 Å². The Balaban J connectivity index is 2.16. The van der Waals surface area contributed by atoms with E-state index in [1.807, 2.05) is 0 Å². The van der Waals surface area contributed by atoms with Crippen molar-refractivity contribution < 1.29 is 0 Å². The van der Waals surface area contributed by atoms with Crippen molar-refractivity contribution in [3.63, 3.8) is 0 Å². The maximum absolute atomic E-state index is 5.89. The highest BCUT2D eigenvalue weighted by molar-refractivity contribution is 7.15. The number of rotatable bonds is 4. The number of nitrogens with zero attached hydrogens (tertiary/aromatic N) is 2. The molecule has 1 aliphatic heterocycles. The van der Waals surface area contributed by atoms with Gasteiger partial charge in [-0.1, -0.05) is 34.1 Å². The van der Waals surface area contributed by atoms with Crippen molar-refractivity contribution in [2.45, 2.75) is 58.9 Å². The van der Waals surface area contributed by atoms with E-state index in [9.17, 15) is 0 Å². The zero-order chi connectivity index (χ0) is 14.0. The Hall–Kier alpha value is -0.610. The summed E-state index contributed by atoms with van der Waals surface area (Å²) in [6, 6.07) is 0. The summed E-state index contributed by atoms with van der Waals surface area (Å²) in [5.74, 6) is 0.855. The largest absolute Gasteiger partial charge is 0.348 e. The fraction of sp³-hybridized carbons (Fsp3) is 0.800. The van der Waals surface area contributed by atoms with Crippen LogP contribution in [0, 0.1) is 5.92 Å². The smallest absolute Gasteiger partial charge is 0.185 e. The molecule has 3 nitrogen and oxygen atoms in total. The van der Waals surface area contributed by atoms with E-state index in [0.717, 1.165) is 12.5 Å². The van der Waals surface area contributed by atoms with E-state index < -0.39 is 0 Å². The Morgan fingerprint density at radius 3 is 2.68 bits per heavy atom. The van der Waals surface area contributed by atoms with Gasteiger partial charge in [-0.15, -0.1) is 11.3 Å². The molecule has 1 atom stereocenters. The van der Waals surface area contributed by atoms with E-state index in [1.165, 1.54) is 41.5 Å². The van der Waals surface area contributed by atoms with E-state index >= 15 is 0 Å². The summed E-state index contributed by atoms with van der Waals surface area (Å²) in [4.78, 5) is 8.60. The lowest BCUT2D eigenvalue weighted by Gasteiger charge is -2.18. The molecule has 0 radical (unpaired) electrons. The summed E-state index contributed by atoms with van der Waals surface area (Å²) < 4.78 is 0. The first-order valence-electron chi connectivity index (χ1n) is 7.41. The molecule has 0 aliphatic carbocycles. The first-order chi connectivity index (χ1) is 8.95. The van der Waals surface area contributed by atoms with Crippen LogP contribution >= 0.6 is 11.3 Å². The van der Waals surface area contributed by atoms with Gasteiger partial charge in [0.25, 0.3) is 0 Å². The fourth-order valence-corrected chi connectivity index (χ4v) is 4.03. The molecule has 1 aromatic rings. The predicted octanol–water partition coefficient (Wildman–Crippen LogP) is 3.53. The Kier molecular flexibility index (Phi) is 4.51. The molecule has 2 N–H and O–H groups in total. The monoisotopic (exact) mass is 281 g/mol. The quantitative estimate of drug-likeness (QED) is 0.918. The predicted molar refractivity (Wildman–Crippen MR) is 83.9 cm³/mol. The molecule has 19 heavy (non-hydrogen) atoms. The lowest BCUT2D eigenvalue weighted by molar-refractivity contribution is 0.529. The summed E-state index contributed by atoms with van der Waals surface area (Å²) in [6.07, 6.45) is 3.95. The van der Waals surface area contributed by atoms with E-state index in [0.29, 0.717) is 6.54 Å². The molecule has 0 aromatic carbocycles. The Morgan fingerprint density at radius 1 is 1.42 bits per heavy atom. The Labute approximate surface area is 121 Å². The summed E-state index contributed by atoms with van der Waals surface area (Å²) in [7, 11) is 0. The van der Waals surface area contributed by atoms with Gasteiger partial charge in [-0.25, -0.2) is 4.98 Å². The molecular weight excluding hydrogens is 254 g/mol. The molecule has 1 aromatic heterocycles. The molecule has 1 unspecified atom stereocenters. The average molecular weight is 281 g/mol. The summed E-state index contributed by atoms with van der Waals surface area (Å²) >= 11 is 1.79. The minimum atomic E-state index is 0.0893. The zero-order valence-corrected chi connectivity index (χ0v) is 13.5. The van der Waals surface area contributed by atoms with Crippen LogP contribution in [-0.4, -0.2) is 18.1 Å². The highest BCUT2D eigenvalue weighted by atomic mass is 32.1. The van der Waals surface area contributed by atoms with Crippen LogP contribution in [0.5, 0.6) is 0 Å². The van der Waals surface area contributed by atoms with Crippen molar-refractivity contribution in [2.75, 3.05) is 18.0 Å². The molecule has 1 saturated heterocycles. The molecule has 0 spiro atoms. The number of thiazole rings is 1. The van der Waals surface area contributed by atoms with E-state index in [4.69, 9.17) is 10.7 Å². The van der Waals surface area contributed by atoms with Crippen molar-refractivity contribution in [3.05, 3.63) is 10.6 Å². The van der Waals surface area contributed by atoms with Crippen molar-refractivity contribution in [3.8, 4) is 0 Å². The highest BCUT2D eigenvalue weighted by Crippen LogP contribution is 2.36. The first kappa shape index (κ1) is 14.8. The van der Waals surface area contributed by atoms with Gasteiger partial charge in [-0.05, 0) is 18.8 Å². The maximum atomic E-state index is 5.89. The number of aromatic nitrogens is 1. The second-order valence-corrected chi connectivity index (χ2v) is 7.67. The standard InChI is InChI=1S/C15H27N3S/c1-5-6-11-7-8-18(10-11)14-17-13(15(2,3)4)12(9-16)19-14/h11H,5-10,16H2,1-4H3. The number of nitrogens with two attached hydrogens (primary N) is 1. The normalized spacial score (nSPS) is 20.3. The van der Waals surface area contributed by atoms with Crippen LogP contribution in [0.3, 0.4) is 0 Å². The number of hydrogen-bond acceptors (Lipinski definition) is 4. The third-order valence-electron chi connectivity index (χ3n) is 3.84. The Bertz CT molecular complexity index is 420. The second-order valence-electron chi connectivity index (χ2n) is 6.61. The lowest BCUT2D eigenvalue weighted by Crippen LogP contribution is -2.20. The molecular formula is C15H27N3S. The van der Waals surface area contributed by atoms with Gasteiger partial charge in [0.15, 0.2) is 5.13 Å². The summed E-state index contributed by atoms with van der Waals surface area (Å²) in [6.45, 7) is 11.9. The molecule has 1 aliphatic rings. The van der Waals surface area contributed by atoms with Crippen molar-refractivity contribution in [2.24, 2.45) is 11.7 Å². The average Bonchev–Trinajstić information content (AvgIpc) is 2.93. The van der Waals surface area contributed by atoms with E-state index in [-0.39, 0.29) is 5.41 Å². The maximum Gasteiger partial charge on any atom is 0.185 e. The van der Waals surface area contributed by atoms with Crippen LogP contribution in [0.25, 0.3) is 0 Å². The van der Waals surface area contributed by atoms with Gasteiger partial charge in [0.1, 0.15) is 0 Å². The van der Waals surface area contributed by atoms with Gasteiger partial charge in [-0.2, -0.15) is 0 Å². The van der Waals surface area contributed by atoms with Gasteiger partial charge in [0.05, 0.1) is 5.69 Å². The minimum Gasteiger partial charge on any atom is -0.348 e. The SMILES string of the molecule is CCCC1CCN(c2nc(C(C)(C)C)c(CN)s2)C1. The molecule has 0 amide bonds. The van der Waals surface area contributed by atoms with Gasteiger partial charge in [0.2, 0.25) is 0 Å². The molecule has 0 saturated carbocycles. The molecule has 2 heterocycles. The zero-order valence-electron chi connectivity index (χ0n) is 12.7. The van der Waals surface area contributed by atoms with Crippen molar-refractivity contribution in [1.29, 1.82) is 0 Å². The molecule has 108 valence electrons. The molecule has 2 rings (SSSR count). The van der Waals surface area contributed by atoms with Crippen LogP contribution in [0.1, 0.15) is 57.5 Å². The van der Waals surface area contributed by atoms with Crippen LogP contribution in [0.15, 0.2) is 0 Å². The Morgan fingerprint density at radius 2 is 2.16 bits per heavy atom.